The molecule has 0 saturated heterocycles. The van der Waals surface area contributed by atoms with Gasteiger partial charge in [0, 0.05) is 19.2 Å². The number of hydrogen-bond acceptors (Lipinski definition) is 3. The van der Waals surface area contributed by atoms with E-state index in [1.165, 1.54) is 11.1 Å². The summed E-state index contributed by atoms with van der Waals surface area (Å²) in [5.41, 5.74) is 8.98. The van der Waals surface area contributed by atoms with Gasteiger partial charge in [-0.3, -0.25) is 4.68 Å². The first-order valence-corrected chi connectivity index (χ1v) is 5.84. The van der Waals surface area contributed by atoms with Crippen molar-refractivity contribution in [2.45, 2.75) is 19.4 Å². The zero-order valence-corrected chi connectivity index (χ0v) is 9.60. The van der Waals surface area contributed by atoms with Crippen LogP contribution >= 0.6 is 0 Å². The number of benzene rings is 1. The van der Waals surface area contributed by atoms with Crippen molar-refractivity contribution in [2.24, 2.45) is 0 Å². The van der Waals surface area contributed by atoms with Gasteiger partial charge in [0.05, 0.1) is 18.5 Å². The minimum atomic E-state index is 0.715. The standard InChI is InChI=1S/C13H15N3O/c14-12-8-15-16(9-12)5-3-10-1-2-13-11(7-10)4-6-17-13/h1-2,7-9H,3-6,14H2. The Hall–Kier alpha value is -1.97. The molecule has 1 aliphatic heterocycles. The van der Waals surface area contributed by atoms with Crippen molar-refractivity contribution >= 4 is 5.69 Å². The minimum Gasteiger partial charge on any atom is -0.493 e. The van der Waals surface area contributed by atoms with E-state index in [1.807, 2.05) is 10.9 Å². The van der Waals surface area contributed by atoms with Crippen LogP contribution < -0.4 is 10.5 Å². The highest BCUT2D eigenvalue weighted by atomic mass is 16.5. The number of rotatable bonds is 3. The minimum absolute atomic E-state index is 0.715. The van der Waals surface area contributed by atoms with Gasteiger partial charge in [-0.05, 0) is 23.6 Å². The van der Waals surface area contributed by atoms with Crippen LogP contribution in [0.25, 0.3) is 0 Å². The molecule has 0 radical (unpaired) electrons. The van der Waals surface area contributed by atoms with Crippen molar-refractivity contribution in [3.63, 3.8) is 0 Å². The average molecular weight is 229 g/mol. The van der Waals surface area contributed by atoms with E-state index in [0.717, 1.165) is 31.7 Å². The normalized spacial score (nSPS) is 13.4. The van der Waals surface area contributed by atoms with E-state index in [0.29, 0.717) is 5.69 Å². The zero-order chi connectivity index (χ0) is 11.7. The lowest BCUT2D eigenvalue weighted by molar-refractivity contribution is 0.357. The van der Waals surface area contributed by atoms with E-state index >= 15 is 0 Å². The fraction of sp³-hybridized carbons (Fsp3) is 0.308. The van der Waals surface area contributed by atoms with Gasteiger partial charge in [-0.15, -0.1) is 0 Å². The second-order valence-electron chi connectivity index (χ2n) is 4.33. The summed E-state index contributed by atoms with van der Waals surface area (Å²) in [7, 11) is 0. The first kappa shape index (κ1) is 10.2. The Morgan fingerprint density at radius 1 is 1.41 bits per heavy atom. The molecule has 0 aliphatic carbocycles. The Bertz CT molecular complexity index is 533. The molecule has 1 aromatic heterocycles. The molecule has 17 heavy (non-hydrogen) atoms. The molecule has 0 fully saturated rings. The Kier molecular flexibility index (Phi) is 2.48. The number of nitrogen functional groups attached to an aromatic ring is 1. The highest BCUT2D eigenvalue weighted by molar-refractivity contribution is 5.39. The van der Waals surface area contributed by atoms with Crippen LogP contribution in [0.1, 0.15) is 11.1 Å². The van der Waals surface area contributed by atoms with Crippen molar-refractivity contribution in [1.82, 2.24) is 9.78 Å². The third-order valence-corrected chi connectivity index (χ3v) is 3.04. The molecule has 1 aromatic carbocycles. The van der Waals surface area contributed by atoms with Gasteiger partial charge in [0.2, 0.25) is 0 Å². The maximum absolute atomic E-state index is 5.62. The second-order valence-corrected chi connectivity index (χ2v) is 4.33. The van der Waals surface area contributed by atoms with Crippen molar-refractivity contribution < 1.29 is 4.74 Å². The number of fused-ring (bicyclic) bond motifs is 1. The summed E-state index contributed by atoms with van der Waals surface area (Å²) in [5.74, 6) is 1.04. The molecular weight excluding hydrogens is 214 g/mol. The van der Waals surface area contributed by atoms with Crippen LogP contribution in [0.3, 0.4) is 0 Å². The summed E-state index contributed by atoms with van der Waals surface area (Å²) >= 11 is 0. The number of nitrogens with zero attached hydrogens (tertiary/aromatic N) is 2. The fourth-order valence-corrected chi connectivity index (χ4v) is 2.14. The first-order valence-electron chi connectivity index (χ1n) is 5.84. The summed E-state index contributed by atoms with van der Waals surface area (Å²) in [4.78, 5) is 0. The number of hydrogen-bond donors (Lipinski definition) is 1. The van der Waals surface area contributed by atoms with Gasteiger partial charge in [0.25, 0.3) is 0 Å². The third kappa shape index (κ3) is 2.11. The van der Waals surface area contributed by atoms with Crippen LogP contribution in [0.5, 0.6) is 5.75 Å². The lowest BCUT2D eigenvalue weighted by Gasteiger charge is -2.04. The van der Waals surface area contributed by atoms with E-state index in [-0.39, 0.29) is 0 Å². The molecule has 0 bridgehead atoms. The van der Waals surface area contributed by atoms with Gasteiger partial charge >= 0.3 is 0 Å². The summed E-state index contributed by atoms with van der Waals surface area (Å²) in [6, 6.07) is 6.42. The monoisotopic (exact) mass is 229 g/mol. The number of anilines is 1. The lowest BCUT2D eigenvalue weighted by Crippen LogP contribution is -2.01. The van der Waals surface area contributed by atoms with Crippen LogP contribution in [0.15, 0.2) is 30.6 Å². The van der Waals surface area contributed by atoms with Gasteiger partial charge in [-0.2, -0.15) is 5.10 Å². The van der Waals surface area contributed by atoms with Gasteiger partial charge < -0.3 is 10.5 Å². The number of ether oxygens (including phenoxy) is 1. The quantitative estimate of drug-likeness (QED) is 0.870. The maximum atomic E-state index is 5.62. The smallest absolute Gasteiger partial charge is 0.122 e. The number of aryl methyl sites for hydroxylation is 2. The van der Waals surface area contributed by atoms with Crippen LogP contribution in [0, 0.1) is 0 Å². The van der Waals surface area contributed by atoms with Gasteiger partial charge in [0.15, 0.2) is 0 Å². The summed E-state index contributed by atoms with van der Waals surface area (Å²) < 4.78 is 7.36. The van der Waals surface area contributed by atoms with E-state index in [4.69, 9.17) is 10.5 Å². The Morgan fingerprint density at radius 2 is 2.35 bits per heavy atom. The second kappa shape index (κ2) is 4.13. The largest absolute Gasteiger partial charge is 0.493 e. The number of nitrogens with two attached hydrogens (primary N) is 1. The topological polar surface area (TPSA) is 53.1 Å². The molecule has 88 valence electrons. The van der Waals surface area contributed by atoms with Crippen LogP contribution in [-0.4, -0.2) is 16.4 Å². The Morgan fingerprint density at radius 3 is 3.18 bits per heavy atom. The van der Waals surface area contributed by atoms with Crippen molar-refractivity contribution in [2.75, 3.05) is 12.3 Å². The summed E-state index contributed by atoms with van der Waals surface area (Å²) in [5, 5.41) is 4.17. The molecule has 0 spiro atoms. The predicted octanol–water partition coefficient (Wildman–Crippen LogP) is 1.64. The maximum Gasteiger partial charge on any atom is 0.122 e. The Balaban J connectivity index is 1.69. The number of aromatic nitrogens is 2. The first-order chi connectivity index (χ1) is 8.31. The molecule has 4 nitrogen and oxygen atoms in total. The van der Waals surface area contributed by atoms with Crippen LogP contribution in [-0.2, 0) is 19.4 Å². The van der Waals surface area contributed by atoms with Crippen molar-refractivity contribution in [3.8, 4) is 5.75 Å². The Labute approximate surface area is 100 Å². The molecule has 2 aromatic rings. The summed E-state index contributed by atoms with van der Waals surface area (Å²) in [6.07, 6.45) is 5.53. The van der Waals surface area contributed by atoms with E-state index in [2.05, 4.69) is 23.3 Å². The van der Waals surface area contributed by atoms with Gasteiger partial charge in [-0.25, -0.2) is 0 Å². The third-order valence-electron chi connectivity index (χ3n) is 3.04. The summed E-state index contributed by atoms with van der Waals surface area (Å²) in [6.45, 7) is 1.67. The predicted molar refractivity (Wildman–Crippen MR) is 66.0 cm³/mol. The molecule has 0 atom stereocenters. The molecule has 4 heteroatoms. The molecule has 1 aliphatic rings. The zero-order valence-electron chi connectivity index (χ0n) is 9.60. The molecule has 0 saturated carbocycles. The SMILES string of the molecule is Nc1cnn(CCc2ccc3c(c2)CCO3)c1. The molecule has 2 heterocycles. The van der Waals surface area contributed by atoms with E-state index in [9.17, 15) is 0 Å². The van der Waals surface area contributed by atoms with Crippen molar-refractivity contribution in [1.29, 1.82) is 0 Å². The highest BCUT2D eigenvalue weighted by Crippen LogP contribution is 2.26. The van der Waals surface area contributed by atoms with Crippen LogP contribution in [0.4, 0.5) is 5.69 Å². The van der Waals surface area contributed by atoms with Gasteiger partial charge in [0.1, 0.15) is 5.75 Å². The molecule has 3 rings (SSSR count). The molecule has 0 unspecified atom stereocenters. The molecule has 0 amide bonds. The van der Waals surface area contributed by atoms with E-state index < -0.39 is 0 Å². The molecule has 2 N–H and O–H groups in total. The van der Waals surface area contributed by atoms with Gasteiger partial charge in [-0.1, -0.05) is 12.1 Å². The van der Waals surface area contributed by atoms with Crippen molar-refractivity contribution in [3.05, 3.63) is 41.7 Å². The van der Waals surface area contributed by atoms with Crippen LogP contribution in [0.2, 0.25) is 0 Å². The lowest BCUT2D eigenvalue weighted by atomic mass is 10.1. The average Bonchev–Trinajstić information content (AvgIpc) is 2.94. The van der Waals surface area contributed by atoms with E-state index in [1.54, 1.807) is 6.20 Å². The molecular formula is C13H15N3O. The fourth-order valence-electron chi connectivity index (χ4n) is 2.14. The highest BCUT2D eigenvalue weighted by Gasteiger charge is 2.11.